The predicted octanol–water partition coefficient (Wildman–Crippen LogP) is 1.90. The van der Waals surface area contributed by atoms with Crippen molar-refractivity contribution in [3.8, 4) is 0 Å². The fourth-order valence-corrected chi connectivity index (χ4v) is 3.82. The van der Waals surface area contributed by atoms with E-state index in [0.29, 0.717) is 5.92 Å². The number of hydrogen-bond acceptors (Lipinski definition) is 3. The molecule has 2 bridgehead atoms. The molecule has 0 aromatic carbocycles. The number of aliphatic hydroxyl groups is 1. The van der Waals surface area contributed by atoms with Gasteiger partial charge in [0.15, 0.2) is 0 Å². The van der Waals surface area contributed by atoms with Gasteiger partial charge in [0.25, 0.3) is 0 Å². The first-order chi connectivity index (χ1) is 6.87. The molecule has 2 aliphatic carbocycles. The maximum absolute atomic E-state index is 10.6. The van der Waals surface area contributed by atoms with Crippen LogP contribution in [0.25, 0.3) is 0 Å². The van der Waals surface area contributed by atoms with Gasteiger partial charge >= 0.3 is 0 Å². The Balaban J connectivity index is 2.36. The zero-order chi connectivity index (χ0) is 11.3. The summed E-state index contributed by atoms with van der Waals surface area (Å²) in [5, 5.41) is 10.6. The molecule has 2 rings (SSSR count). The molecule has 0 aromatic rings. The van der Waals surface area contributed by atoms with Crippen molar-refractivity contribution in [2.75, 3.05) is 6.54 Å². The number of rotatable bonds is 2. The van der Waals surface area contributed by atoms with Crippen LogP contribution < -0.4 is 0 Å². The summed E-state index contributed by atoms with van der Waals surface area (Å²) in [6.45, 7) is 6.81. The molecule has 3 heteroatoms. The van der Waals surface area contributed by atoms with Crippen LogP contribution in [0.15, 0.2) is 4.99 Å². The number of aliphatic imine (C=N–C) groups is 1. The molecule has 84 valence electrons. The van der Waals surface area contributed by atoms with E-state index in [0.717, 1.165) is 12.8 Å². The lowest BCUT2D eigenvalue weighted by molar-refractivity contribution is -0.0812. The second-order valence-electron chi connectivity index (χ2n) is 5.93. The molecule has 0 spiro atoms. The molecule has 15 heavy (non-hydrogen) atoms. The lowest BCUT2D eigenvalue weighted by atomic mass is 9.64. The molecular formula is C12H19NO2. The van der Waals surface area contributed by atoms with Gasteiger partial charge in [0, 0.05) is 5.41 Å². The quantitative estimate of drug-likeness (QED) is 0.558. The van der Waals surface area contributed by atoms with Crippen molar-refractivity contribution in [2.24, 2.45) is 21.7 Å². The molecule has 0 radical (unpaired) electrons. The number of isocyanates is 1. The van der Waals surface area contributed by atoms with Crippen molar-refractivity contribution >= 4 is 6.08 Å². The van der Waals surface area contributed by atoms with Gasteiger partial charge in [0.05, 0.1) is 12.1 Å². The molecule has 0 saturated heterocycles. The first-order valence-electron chi connectivity index (χ1n) is 5.63. The Labute approximate surface area is 90.6 Å². The van der Waals surface area contributed by atoms with Crippen LogP contribution in [0, 0.1) is 16.7 Å². The summed E-state index contributed by atoms with van der Waals surface area (Å²) in [5.41, 5.74) is -0.748. The van der Waals surface area contributed by atoms with Crippen molar-refractivity contribution in [1.29, 1.82) is 0 Å². The van der Waals surface area contributed by atoms with Gasteiger partial charge in [0.2, 0.25) is 6.08 Å². The molecule has 2 saturated carbocycles. The normalized spacial score (nSPS) is 46.5. The average molecular weight is 209 g/mol. The number of carbonyl (C=O) groups excluding carboxylic acids is 1. The van der Waals surface area contributed by atoms with E-state index in [1.54, 1.807) is 0 Å². The molecule has 0 heterocycles. The Morgan fingerprint density at radius 1 is 1.47 bits per heavy atom. The van der Waals surface area contributed by atoms with Crippen LogP contribution in [0.4, 0.5) is 0 Å². The minimum absolute atomic E-state index is 0.106. The Bertz CT molecular complexity index is 333. The van der Waals surface area contributed by atoms with Crippen LogP contribution in [0.5, 0.6) is 0 Å². The molecule has 1 N–H and O–H groups in total. The molecule has 2 fully saturated rings. The van der Waals surface area contributed by atoms with E-state index >= 15 is 0 Å². The topological polar surface area (TPSA) is 49.7 Å². The SMILES string of the molecule is CC1(C)C2CCC1(C)C(O)(CN=C=O)C2. The first-order valence-corrected chi connectivity index (χ1v) is 5.63. The summed E-state index contributed by atoms with van der Waals surface area (Å²) in [4.78, 5) is 13.8. The second kappa shape index (κ2) is 2.93. The van der Waals surface area contributed by atoms with Crippen molar-refractivity contribution in [2.45, 2.75) is 45.6 Å². The highest BCUT2D eigenvalue weighted by Crippen LogP contribution is 2.69. The highest BCUT2D eigenvalue weighted by molar-refractivity contribution is 5.33. The molecule has 3 atom stereocenters. The van der Waals surface area contributed by atoms with E-state index in [9.17, 15) is 9.90 Å². The third-order valence-electron chi connectivity index (χ3n) is 5.45. The van der Waals surface area contributed by atoms with Gasteiger partial charge in [-0.25, -0.2) is 9.79 Å². The summed E-state index contributed by atoms with van der Waals surface area (Å²) < 4.78 is 0. The first kappa shape index (κ1) is 10.8. The molecule has 2 aliphatic rings. The fourth-order valence-electron chi connectivity index (χ4n) is 3.82. The molecular weight excluding hydrogens is 190 g/mol. The highest BCUT2D eigenvalue weighted by Gasteiger charge is 2.68. The third-order valence-corrected chi connectivity index (χ3v) is 5.45. The van der Waals surface area contributed by atoms with Crippen LogP contribution in [-0.4, -0.2) is 23.3 Å². The average Bonchev–Trinajstić information content (AvgIpc) is 2.47. The van der Waals surface area contributed by atoms with Crippen molar-refractivity contribution < 1.29 is 9.90 Å². The summed E-state index contributed by atoms with van der Waals surface area (Å²) >= 11 is 0. The smallest absolute Gasteiger partial charge is 0.235 e. The number of hydrogen-bond donors (Lipinski definition) is 1. The number of fused-ring (bicyclic) bond motifs is 2. The lowest BCUT2D eigenvalue weighted by Gasteiger charge is -2.44. The van der Waals surface area contributed by atoms with Crippen LogP contribution in [0.2, 0.25) is 0 Å². The Morgan fingerprint density at radius 3 is 2.53 bits per heavy atom. The predicted molar refractivity (Wildman–Crippen MR) is 57.2 cm³/mol. The third kappa shape index (κ3) is 1.11. The van der Waals surface area contributed by atoms with Crippen LogP contribution in [0.1, 0.15) is 40.0 Å². The van der Waals surface area contributed by atoms with Crippen LogP contribution in [0.3, 0.4) is 0 Å². The van der Waals surface area contributed by atoms with Gasteiger partial charge < -0.3 is 5.11 Å². The maximum atomic E-state index is 10.6. The molecule has 3 nitrogen and oxygen atoms in total. The number of nitrogens with zero attached hydrogens (tertiary/aromatic N) is 1. The Kier molecular flexibility index (Phi) is 2.12. The summed E-state index contributed by atoms with van der Waals surface area (Å²) in [6, 6.07) is 0. The van der Waals surface area contributed by atoms with Crippen molar-refractivity contribution in [3.63, 3.8) is 0 Å². The van der Waals surface area contributed by atoms with E-state index in [4.69, 9.17) is 0 Å². The van der Waals surface area contributed by atoms with E-state index < -0.39 is 5.60 Å². The van der Waals surface area contributed by atoms with Crippen molar-refractivity contribution in [3.05, 3.63) is 0 Å². The molecule has 3 unspecified atom stereocenters. The Hall–Kier alpha value is -0.660. The minimum Gasteiger partial charge on any atom is -0.387 e. The lowest BCUT2D eigenvalue weighted by Crippen LogP contribution is -2.49. The van der Waals surface area contributed by atoms with Gasteiger partial charge in [-0.2, -0.15) is 0 Å². The van der Waals surface area contributed by atoms with Crippen molar-refractivity contribution in [1.82, 2.24) is 0 Å². The second-order valence-corrected chi connectivity index (χ2v) is 5.93. The Morgan fingerprint density at radius 2 is 2.13 bits per heavy atom. The largest absolute Gasteiger partial charge is 0.387 e. The van der Waals surface area contributed by atoms with E-state index in [1.165, 1.54) is 12.5 Å². The molecule has 0 aromatic heterocycles. The standard InChI is InChI=1S/C12H19NO2/c1-10(2)9-4-5-11(10,3)12(15,6-9)7-13-8-14/h9,15H,4-7H2,1-3H3. The van der Waals surface area contributed by atoms with E-state index in [2.05, 4.69) is 25.8 Å². The zero-order valence-electron chi connectivity index (χ0n) is 9.71. The van der Waals surface area contributed by atoms with Gasteiger partial charge in [-0.15, -0.1) is 0 Å². The highest BCUT2D eigenvalue weighted by atomic mass is 16.3. The van der Waals surface area contributed by atoms with Crippen LogP contribution >= 0.6 is 0 Å². The van der Waals surface area contributed by atoms with Crippen LogP contribution in [-0.2, 0) is 4.79 Å². The van der Waals surface area contributed by atoms with E-state index in [-0.39, 0.29) is 17.4 Å². The fraction of sp³-hybridized carbons (Fsp3) is 0.917. The molecule has 0 amide bonds. The summed E-state index contributed by atoms with van der Waals surface area (Å²) in [5.74, 6) is 0.564. The van der Waals surface area contributed by atoms with Gasteiger partial charge in [0.1, 0.15) is 0 Å². The van der Waals surface area contributed by atoms with Gasteiger partial charge in [-0.3, -0.25) is 0 Å². The molecule has 0 aliphatic heterocycles. The monoisotopic (exact) mass is 209 g/mol. The summed E-state index contributed by atoms with van der Waals surface area (Å²) in [7, 11) is 0. The zero-order valence-corrected chi connectivity index (χ0v) is 9.71. The van der Waals surface area contributed by atoms with Gasteiger partial charge in [-0.1, -0.05) is 20.8 Å². The van der Waals surface area contributed by atoms with E-state index in [1.807, 2.05) is 0 Å². The summed E-state index contributed by atoms with van der Waals surface area (Å²) in [6.07, 6.45) is 4.55. The van der Waals surface area contributed by atoms with Gasteiger partial charge in [-0.05, 0) is 30.6 Å². The maximum Gasteiger partial charge on any atom is 0.235 e. The minimum atomic E-state index is -0.795.